The third-order valence-electron chi connectivity index (χ3n) is 2.21. The number of carbonyl (C=O) groups is 5. The lowest BCUT2D eigenvalue weighted by Crippen LogP contribution is -2.43. The smallest absolute Gasteiger partial charge is 0.321 e. The molecule has 0 saturated carbocycles. The van der Waals surface area contributed by atoms with Gasteiger partial charge in [-0.15, -0.1) is 0 Å². The molecule has 12 nitrogen and oxygen atoms in total. The summed E-state index contributed by atoms with van der Waals surface area (Å²) in [6.45, 7) is -0.301. The normalized spacial score (nSPS) is 12.2. The van der Waals surface area contributed by atoms with Crippen LogP contribution in [0.2, 0.25) is 0 Å². The van der Waals surface area contributed by atoms with Crippen molar-refractivity contribution in [3.8, 4) is 0 Å². The van der Waals surface area contributed by atoms with E-state index >= 15 is 0 Å². The van der Waals surface area contributed by atoms with Crippen LogP contribution >= 0.6 is 0 Å². The lowest BCUT2D eigenvalue weighted by Gasteiger charge is -2.10. The molecule has 23 heavy (non-hydrogen) atoms. The maximum Gasteiger partial charge on any atom is 0.321 e. The maximum atomic E-state index is 10.4. The van der Waals surface area contributed by atoms with Gasteiger partial charge in [0.15, 0.2) is 0 Å². The van der Waals surface area contributed by atoms with Gasteiger partial charge in [-0.25, -0.2) is 0 Å². The van der Waals surface area contributed by atoms with Gasteiger partial charge >= 0.3 is 17.9 Å². The number of primary amides is 2. The van der Waals surface area contributed by atoms with Crippen molar-refractivity contribution in [3.05, 3.63) is 0 Å². The molecule has 10 N–H and O–H groups in total. The molecule has 0 aliphatic heterocycles. The molecule has 0 aromatic rings. The van der Waals surface area contributed by atoms with E-state index in [9.17, 15) is 24.0 Å². The highest BCUT2D eigenvalue weighted by molar-refractivity contribution is 5.84. The summed E-state index contributed by atoms with van der Waals surface area (Å²) in [5.41, 5.74) is 14.5. The average Bonchev–Trinajstić information content (AvgIpc) is 2.40. The summed E-state index contributed by atoms with van der Waals surface area (Å²) in [5, 5.41) is 27.1. The van der Waals surface area contributed by atoms with Crippen LogP contribution in [-0.4, -0.2) is 63.7 Å². The predicted molar refractivity (Wildman–Crippen MR) is 74.9 cm³/mol. The van der Waals surface area contributed by atoms with Gasteiger partial charge < -0.3 is 32.5 Å². The number of nitrogens with one attached hydrogen (secondary N) is 1. The number of carboxylic acid groups (broad SMARTS) is 3. The summed E-state index contributed by atoms with van der Waals surface area (Å²) in [7, 11) is 0. The quantitative estimate of drug-likeness (QED) is 0.209. The van der Waals surface area contributed by atoms with Crippen LogP contribution in [0.25, 0.3) is 0 Å². The number of rotatable bonds is 10. The van der Waals surface area contributed by atoms with Crippen LogP contribution in [0.4, 0.5) is 0 Å². The Bertz CT molecular complexity index is 453. The number of amides is 2. The largest absolute Gasteiger partial charge is 0.481 e. The van der Waals surface area contributed by atoms with E-state index in [1.54, 1.807) is 0 Å². The van der Waals surface area contributed by atoms with Gasteiger partial charge in [0, 0.05) is 6.42 Å². The van der Waals surface area contributed by atoms with E-state index in [0.29, 0.717) is 0 Å². The SMILES string of the molecule is NC(=O)CN[C@@H](CC(N)=O)C(=O)O.N[C@@H](CCC(=O)O)C(=O)O. The summed E-state index contributed by atoms with van der Waals surface area (Å²) < 4.78 is 0. The molecule has 0 spiro atoms. The minimum Gasteiger partial charge on any atom is -0.481 e. The first-order chi connectivity index (χ1) is 10.5. The van der Waals surface area contributed by atoms with Gasteiger partial charge in [0.1, 0.15) is 12.1 Å². The Morgan fingerprint density at radius 1 is 0.913 bits per heavy atom. The molecule has 0 saturated heterocycles. The molecule has 0 aliphatic rings. The monoisotopic (exact) mass is 336 g/mol. The Balaban J connectivity index is 0. The van der Waals surface area contributed by atoms with Crippen molar-refractivity contribution in [2.75, 3.05) is 6.54 Å². The molecule has 0 fully saturated rings. The van der Waals surface area contributed by atoms with Crippen molar-refractivity contribution >= 4 is 29.7 Å². The van der Waals surface area contributed by atoms with Crippen molar-refractivity contribution in [2.45, 2.75) is 31.3 Å². The fraction of sp³-hybridized carbons (Fsp3) is 0.545. The van der Waals surface area contributed by atoms with E-state index in [4.69, 9.17) is 32.5 Å². The van der Waals surface area contributed by atoms with Gasteiger partial charge in [0.25, 0.3) is 0 Å². The van der Waals surface area contributed by atoms with Gasteiger partial charge in [-0.1, -0.05) is 0 Å². The predicted octanol–water partition coefficient (Wildman–Crippen LogP) is -3.35. The van der Waals surface area contributed by atoms with Crippen LogP contribution in [-0.2, 0) is 24.0 Å². The maximum absolute atomic E-state index is 10.4. The molecule has 0 heterocycles. The van der Waals surface area contributed by atoms with E-state index < -0.39 is 41.8 Å². The number of hydrogen-bond donors (Lipinski definition) is 7. The minimum atomic E-state index is -1.25. The molecule has 0 aromatic heterocycles. The molecule has 0 aliphatic carbocycles. The number of hydrogen-bond acceptors (Lipinski definition) is 7. The van der Waals surface area contributed by atoms with E-state index in [2.05, 4.69) is 5.32 Å². The lowest BCUT2D eigenvalue weighted by atomic mass is 10.2. The van der Waals surface area contributed by atoms with Crippen LogP contribution in [0.5, 0.6) is 0 Å². The molecular weight excluding hydrogens is 316 g/mol. The number of nitrogens with two attached hydrogens (primary N) is 3. The van der Waals surface area contributed by atoms with Gasteiger partial charge in [0.2, 0.25) is 11.8 Å². The highest BCUT2D eigenvalue weighted by Crippen LogP contribution is 1.93. The summed E-state index contributed by atoms with van der Waals surface area (Å²) in [6.07, 6.45) is -0.596. The molecule has 0 bridgehead atoms. The zero-order chi connectivity index (χ0) is 18.6. The summed E-state index contributed by atoms with van der Waals surface area (Å²) in [4.78, 5) is 50.9. The highest BCUT2D eigenvalue weighted by atomic mass is 16.4. The van der Waals surface area contributed by atoms with Crippen LogP contribution in [0.3, 0.4) is 0 Å². The molecule has 2 atom stereocenters. The Morgan fingerprint density at radius 3 is 1.74 bits per heavy atom. The first-order valence-electron chi connectivity index (χ1n) is 6.20. The van der Waals surface area contributed by atoms with Crippen molar-refractivity contribution in [2.24, 2.45) is 17.2 Å². The second-order valence-electron chi connectivity index (χ2n) is 4.29. The fourth-order valence-corrected chi connectivity index (χ4v) is 1.07. The third-order valence-corrected chi connectivity index (χ3v) is 2.21. The van der Waals surface area contributed by atoms with Crippen molar-refractivity contribution in [3.63, 3.8) is 0 Å². The second kappa shape index (κ2) is 11.9. The standard InChI is InChI=1S/C6H11N3O4.C5H9NO4/c7-4(10)1-3(6(12)13)9-2-5(8)11;6-3(5(9)10)1-2-4(7)8/h3,9H,1-2H2,(H2,7,10)(H2,8,11)(H,12,13);3H,1-2,6H2,(H,7,8)(H,9,10)/t2*3-/m00/s1. The molecule has 12 heteroatoms. The summed E-state index contributed by atoms with van der Waals surface area (Å²) >= 11 is 0. The van der Waals surface area contributed by atoms with Crippen molar-refractivity contribution in [1.82, 2.24) is 5.32 Å². The Morgan fingerprint density at radius 2 is 1.43 bits per heavy atom. The zero-order valence-electron chi connectivity index (χ0n) is 12.1. The zero-order valence-corrected chi connectivity index (χ0v) is 12.1. The number of aliphatic carboxylic acids is 3. The molecule has 0 radical (unpaired) electrons. The van der Waals surface area contributed by atoms with E-state index in [1.807, 2.05) is 0 Å². The van der Waals surface area contributed by atoms with Crippen LogP contribution in [0, 0.1) is 0 Å². The molecule has 0 aromatic carbocycles. The van der Waals surface area contributed by atoms with Gasteiger partial charge in [-0.3, -0.25) is 29.3 Å². The highest BCUT2D eigenvalue weighted by Gasteiger charge is 2.19. The van der Waals surface area contributed by atoms with Crippen molar-refractivity contribution < 1.29 is 39.3 Å². The van der Waals surface area contributed by atoms with Crippen LogP contribution in [0.15, 0.2) is 0 Å². The van der Waals surface area contributed by atoms with Crippen LogP contribution in [0.1, 0.15) is 19.3 Å². The topological polar surface area (TPSA) is 236 Å². The van der Waals surface area contributed by atoms with Crippen LogP contribution < -0.4 is 22.5 Å². The molecule has 132 valence electrons. The lowest BCUT2D eigenvalue weighted by molar-refractivity contribution is -0.141. The van der Waals surface area contributed by atoms with Gasteiger partial charge in [-0.2, -0.15) is 0 Å². The summed E-state index contributed by atoms with van der Waals surface area (Å²) in [5.74, 6) is -4.90. The molecule has 0 unspecified atom stereocenters. The third kappa shape index (κ3) is 15.5. The fourth-order valence-electron chi connectivity index (χ4n) is 1.07. The molecule has 2 amide bonds. The first-order valence-corrected chi connectivity index (χ1v) is 6.20. The molecular formula is C11H20N4O8. The number of carboxylic acids is 3. The molecule has 0 rings (SSSR count). The second-order valence-corrected chi connectivity index (χ2v) is 4.29. The van der Waals surface area contributed by atoms with E-state index in [-0.39, 0.29) is 25.8 Å². The Hall–Kier alpha value is -2.73. The Labute approximate surface area is 130 Å². The van der Waals surface area contributed by atoms with Crippen molar-refractivity contribution in [1.29, 1.82) is 0 Å². The Kier molecular flexibility index (Phi) is 11.6. The van der Waals surface area contributed by atoms with Gasteiger partial charge in [-0.05, 0) is 6.42 Å². The van der Waals surface area contributed by atoms with Gasteiger partial charge in [0.05, 0.1) is 13.0 Å². The minimum absolute atomic E-state index is 0.0231. The van der Waals surface area contributed by atoms with E-state index in [1.165, 1.54) is 0 Å². The number of carbonyl (C=O) groups excluding carboxylic acids is 2. The first kappa shape index (κ1) is 22.5. The average molecular weight is 336 g/mol. The van der Waals surface area contributed by atoms with E-state index in [0.717, 1.165) is 0 Å². The summed E-state index contributed by atoms with van der Waals surface area (Å²) in [6, 6.07) is -2.22.